The summed E-state index contributed by atoms with van der Waals surface area (Å²) in [5.41, 5.74) is 1.80. The number of nitrogens with one attached hydrogen (secondary N) is 1. The minimum absolute atomic E-state index is 0.0711. The van der Waals surface area contributed by atoms with Gasteiger partial charge in [0.1, 0.15) is 5.75 Å². The van der Waals surface area contributed by atoms with Crippen molar-refractivity contribution in [3.63, 3.8) is 0 Å². The van der Waals surface area contributed by atoms with E-state index in [-0.39, 0.29) is 11.7 Å². The van der Waals surface area contributed by atoms with Crippen molar-refractivity contribution >= 4 is 32.3 Å². The number of aromatic nitrogens is 3. The van der Waals surface area contributed by atoms with E-state index in [0.29, 0.717) is 11.4 Å². The summed E-state index contributed by atoms with van der Waals surface area (Å²) in [6.07, 6.45) is 1.42. The third-order valence-corrected chi connectivity index (χ3v) is 5.62. The van der Waals surface area contributed by atoms with Gasteiger partial charge in [-0.2, -0.15) is 4.98 Å². The van der Waals surface area contributed by atoms with Crippen molar-refractivity contribution in [1.29, 1.82) is 0 Å². The Morgan fingerprint density at radius 1 is 1.29 bits per heavy atom. The fraction of sp³-hybridized carbons (Fsp3) is 0.333. The molecular formula is C15H18N4O3S2. The molecule has 24 heavy (non-hydrogen) atoms. The number of thiazole rings is 1. The number of benzene rings is 1. The van der Waals surface area contributed by atoms with Gasteiger partial charge in [-0.05, 0) is 30.7 Å². The van der Waals surface area contributed by atoms with Gasteiger partial charge in [-0.25, -0.2) is 17.7 Å². The van der Waals surface area contributed by atoms with Crippen LogP contribution in [0, 0.1) is 0 Å². The van der Waals surface area contributed by atoms with E-state index in [1.807, 2.05) is 36.6 Å². The average molecular weight is 366 g/mol. The Morgan fingerprint density at radius 2 is 2.04 bits per heavy atom. The Hall–Kier alpha value is -2.13. The second-order valence-corrected chi connectivity index (χ2v) is 7.93. The molecule has 0 saturated heterocycles. The van der Waals surface area contributed by atoms with Crippen LogP contribution < -0.4 is 9.46 Å². The lowest BCUT2D eigenvalue weighted by Crippen LogP contribution is -2.17. The smallest absolute Gasteiger partial charge is 0.257 e. The van der Waals surface area contributed by atoms with Crippen LogP contribution in [0.5, 0.6) is 5.75 Å². The van der Waals surface area contributed by atoms with Crippen molar-refractivity contribution in [2.75, 3.05) is 17.6 Å². The molecule has 0 fully saturated rings. The van der Waals surface area contributed by atoms with Gasteiger partial charge >= 0.3 is 0 Å². The van der Waals surface area contributed by atoms with Gasteiger partial charge in [0.05, 0.1) is 18.6 Å². The predicted molar refractivity (Wildman–Crippen MR) is 95.2 cm³/mol. The van der Waals surface area contributed by atoms with Crippen LogP contribution in [-0.2, 0) is 10.0 Å². The van der Waals surface area contributed by atoms with Gasteiger partial charge in [-0.3, -0.25) is 0 Å². The molecule has 0 unspecified atom stereocenters. The lowest BCUT2D eigenvalue weighted by Gasteiger charge is -2.03. The van der Waals surface area contributed by atoms with Crippen molar-refractivity contribution in [2.45, 2.75) is 19.8 Å². The average Bonchev–Trinajstić information content (AvgIpc) is 3.12. The molecule has 0 aliphatic heterocycles. The Morgan fingerprint density at radius 3 is 2.71 bits per heavy atom. The van der Waals surface area contributed by atoms with Crippen LogP contribution in [0.3, 0.4) is 0 Å². The first kappa shape index (κ1) is 16.7. The number of rotatable bonds is 7. The summed E-state index contributed by atoms with van der Waals surface area (Å²) in [5, 5.41) is 6.22. The van der Waals surface area contributed by atoms with Crippen LogP contribution in [0.2, 0.25) is 0 Å². The molecule has 128 valence electrons. The van der Waals surface area contributed by atoms with Crippen molar-refractivity contribution in [3.05, 3.63) is 29.6 Å². The Kier molecular flexibility index (Phi) is 4.72. The second kappa shape index (κ2) is 6.78. The van der Waals surface area contributed by atoms with Crippen LogP contribution in [0.15, 0.2) is 29.6 Å². The van der Waals surface area contributed by atoms with Gasteiger partial charge in [0.15, 0.2) is 0 Å². The number of nitrogens with zero attached hydrogens (tertiary/aromatic N) is 3. The molecule has 7 nitrogen and oxygen atoms in total. The molecule has 0 aliphatic rings. The number of unbranched alkanes of at least 4 members (excludes halogenated alkanes) is 1. The SMILES string of the molecule is CCCCS(=O)(=O)Nc1nc2scc(-c3ccc(OC)cc3)n2n1. The number of sulfonamides is 1. The van der Waals surface area contributed by atoms with Gasteiger partial charge in [0.25, 0.3) is 5.95 Å². The molecule has 0 aliphatic carbocycles. The van der Waals surface area contributed by atoms with Crippen molar-refractivity contribution in [3.8, 4) is 17.0 Å². The summed E-state index contributed by atoms with van der Waals surface area (Å²) in [4.78, 5) is 4.87. The first-order chi connectivity index (χ1) is 11.5. The highest BCUT2D eigenvalue weighted by molar-refractivity contribution is 7.92. The number of methoxy groups -OCH3 is 1. The lowest BCUT2D eigenvalue weighted by molar-refractivity contribution is 0.415. The Balaban J connectivity index is 1.88. The third-order valence-electron chi connectivity index (χ3n) is 3.48. The first-order valence-corrected chi connectivity index (χ1v) is 10.0. The largest absolute Gasteiger partial charge is 0.497 e. The molecule has 0 bridgehead atoms. The molecular weight excluding hydrogens is 348 g/mol. The maximum absolute atomic E-state index is 12.0. The summed E-state index contributed by atoms with van der Waals surface area (Å²) < 4.78 is 33.2. The molecule has 9 heteroatoms. The maximum atomic E-state index is 12.0. The number of ether oxygens (including phenoxy) is 1. The normalized spacial score (nSPS) is 11.8. The van der Waals surface area contributed by atoms with Gasteiger partial charge in [-0.15, -0.1) is 16.4 Å². The maximum Gasteiger partial charge on any atom is 0.257 e. The van der Waals surface area contributed by atoms with Crippen LogP contribution in [0.4, 0.5) is 5.95 Å². The first-order valence-electron chi connectivity index (χ1n) is 7.51. The van der Waals surface area contributed by atoms with Crippen molar-refractivity contribution in [1.82, 2.24) is 14.6 Å². The lowest BCUT2D eigenvalue weighted by atomic mass is 10.2. The molecule has 0 radical (unpaired) electrons. The second-order valence-electron chi connectivity index (χ2n) is 5.25. The van der Waals surface area contributed by atoms with Gasteiger partial charge < -0.3 is 4.74 Å². The van der Waals surface area contributed by atoms with Crippen molar-refractivity contribution in [2.24, 2.45) is 0 Å². The number of fused-ring (bicyclic) bond motifs is 1. The minimum atomic E-state index is -3.41. The summed E-state index contributed by atoms with van der Waals surface area (Å²) in [6, 6.07) is 7.58. The zero-order valence-electron chi connectivity index (χ0n) is 13.4. The molecule has 1 aromatic carbocycles. The topological polar surface area (TPSA) is 85.6 Å². The summed E-state index contributed by atoms with van der Waals surface area (Å²) in [7, 11) is -1.79. The standard InChI is InChI=1S/C15H18N4O3S2/c1-3-4-9-24(20,21)18-14-16-15-19(17-14)13(10-23-15)11-5-7-12(22-2)8-6-11/h5-8,10H,3-4,9H2,1-2H3,(H,17,18). The summed E-state index contributed by atoms with van der Waals surface area (Å²) >= 11 is 1.41. The molecule has 3 rings (SSSR count). The molecule has 1 N–H and O–H groups in total. The highest BCUT2D eigenvalue weighted by Crippen LogP contribution is 2.27. The Bertz CT molecular complexity index is 929. The molecule has 2 heterocycles. The number of anilines is 1. The van der Waals surface area contributed by atoms with Gasteiger partial charge in [-0.1, -0.05) is 13.3 Å². The predicted octanol–water partition coefficient (Wildman–Crippen LogP) is 3.01. The van der Waals surface area contributed by atoms with E-state index in [9.17, 15) is 8.42 Å². The zero-order chi connectivity index (χ0) is 17.2. The fourth-order valence-electron chi connectivity index (χ4n) is 2.21. The summed E-state index contributed by atoms with van der Waals surface area (Å²) in [6.45, 7) is 1.95. The highest BCUT2D eigenvalue weighted by atomic mass is 32.2. The molecule has 2 aromatic heterocycles. The number of hydrogen-bond donors (Lipinski definition) is 1. The number of hydrogen-bond acceptors (Lipinski definition) is 6. The monoisotopic (exact) mass is 366 g/mol. The van der Waals surface area contributed by atoms with E-state index in [4.69, 9.17) is 4.74 Å². The minimum Gasteiger partial charge on any atom is -0.497 e. The third kappa shape index (κ3) is 3.51. The molecule has 0 amide bonds. The van der Waals surface area contributed by atoms with Crippen LogP contribution in [0.25, 0.3) is 16.2 Å². The van der Waals surface area contributed by atoms with E-state index >= 15 is 0 Å². The quantitative estimate of drug-likeness (QED) is 0.695. The van der Waals surface area contributed by atoms with Gasteiger partial charge in [0, 0.05) is 10.9 Å². The van der Waals surface area contributed by atoms with E-state index in [0.717, 1.165) is 23.4 Å². The molecule has 0 spiro atoms. The van der Waals surface area contributed by atoms with E-state index in [1.54, 1.807) is 11.6 Å². The molecule has 0 atom stereocenters. The van der Waals surface area contributed by atoms with Crippen LogP contribution in [-0.4, -0.2) is 35.9 Å². The fourth-order valence-corrected chi connectivity index (χ4v) is 4.18. The highest BCUT2D eigenvalue weighted by Gasteiger charge is 2.16. The summed E-state index contributed by atoms with van der Waals surface area (Å²) in [5.74, 6) is 0.947. The molecule has 3 aromatic rings. The molecule has 0 saturated carbocycles. The van der Waals surface area contributed by atoms with Crippen molar-refractivity contribution < 1.29 is 13.2 Å². The van der Waals surface area contributed by atoms with Gasteiger partial charge in [0.2, 0.25) is 15.0 Å². The van der Waals surface area contributed by atoms with Crippen LogP contribution in [0.1, 0.15) is 19.8 Å². The van der Waals surface area contributed by atoms with E-state index in [1.165, 1.54) is 11.3 Å². The van der Waals surface area contributed by atoms with Crippen LogP contribution >= 0.6 is 11.3 Å². The van der Waals surface area contributed by atoms with E-state index in [2.05, 4.69) is 14.8 Å². The Labute approximate surface area is 144 Å². The zero-order valence-corrected chi connectivity index (χ0v) is 15.0. The van der Waals surface area contributed by atoms with E-state index < -0.39 is 10.0 Å².